The van der Waals surface area contributed by atoms with E-state index in [0.717, 1.165) is 11.3 Å². The van der Waals surface area contributed by atoms with Crippen LogP contribution in [0.1, 0.15) is 5.69 Å². The Bertz CT molecular complexity index is 1100. The van der Waals surface area contributed by atoms with E-state index in [4.69, 9.17) is 16.0 Å². The number of halogens is 1. The second-order valence-corrected chi connectivity index (χ2v) is 6.11. The van der Waals surface area contributed by atoms with Crippen molar-refractivity contribution in [2.45, 2.75) is 6.54 Å². The van der Waals surface area contributed by atoms with Crippen molar-refractivity contribution < 1.29 is 4.42 Å². The Balaban J connectivity index is 1.64. The first kappa shape index (κ1) is 16.3. The van der Waals surface area contributed by atoms with E-state index in [1.54, 1.807) is 12.1 Å². The lowest BCUT2D eigenvalue weighted by Crippen LogP contribution is -2.23. The van der Waals surface area contributed by atoms with Gasteiger partial charge in [-0.15, -0.1) is 0 Å². The Morgan fingerprint density at radius 1 is 0.962 bits per heavy atom. The number of oxazole rings is 1. The third kappa shape index (κ3) is 3.30. The van der Waals surface area contributed by atoms with Crippen LogP contribution >= 0.6 is 11.6 Å². The third-order valence-corrected chi connectivity index (χ3v) is 4.23. The van der Waals surface area contributed by atoms with E-state index < -0.39 is 0 Å². The molecule has 0 saturated heterocycles. The highest BCUT2D eigenvalue weighted by molar-refractivity contribution is 6.33. The molecule has 2 aromatic heterocycles. The lowest BCUT2D eigenvalue weighted by molar-refractivity contribution is 0.567. The van der Waals surface area contributed by atoms with E-state index in [9.17, 15) is 4.79 Å². The Labute approximate surface area is 154 Å². The number of benzene rings is 2. The summed E-state index contributed by atoms with van der Waals surface area (Å²) in [4.78, 5) is 16.6. The van der Waals surface area contributed by atoms with Gasteiger partial charge in [0.2, 0.25) is 5.89 Å². The average molecular weight is 364 g/mol. The van der Waals surface area contributed by atoms with E-state index >= 15 is 0 Å². The van der Waals surface area contributed by atoms with Crippen LogP contribution in [0, 0.1) is 0 Å². The van der Waals surface area contributed by atoms with Crippen molar-refractivity contribution in [1.82, 2.24) is 14.8 Å². The minimum Gasteiger partial charge on any atom is -0.444 e. The molecule has 0 bridgehead atoms. The molecule has 0 spiro atoms. The maximum Gasteiger partial charge on any atom is 0.267 e. The first-order valence-corrected chi connectivity index (χ1v) is 8.41. The molecule has 2 heterocycles. The number of hydrogen-bond donors (Lipinski definition) is 0. The predicted molar refractivity (Wildman–Crippen MR) is 100.0 cm³/mol. The monoisotopic (exact) mass is 363 g/mol. The van der Waals surface area contributed by atoms with Crippen LogP contribution in [-0.2, 0) is 6.54 Å². The van der Waals surface area contributed by atoms with Gasteiger partial charge in [-0.25, -0.2) is 9.67 Å². The molecule has 0 aliphatic carbocycles. The second kappa shape index (κ2) is 6.98. The second-order valence-electron chi connectivity index (χ2n) is 5.70. The number of nitrogens with zero attached hydrogens (tertiary/aromatic N) is 3. The Morgan fingerprint density at radius 2 is 1.73 bits per heavy atom. The van der Waals surface area contributed by atoms with Gasteiger partial charge >= 0.3 is 0 Å². The minimum atomic E-state index is -0.202. The highest BCUT2D eigenvalue weighted by atomic mass is 35.5. The fourth-order valence-corrected chi connectivity index (χ4v) is 2.83. The smallest absolute Gasteiger partial charge is 0.267 e. The van der Waals surface area contributed by atoms with Gasteiger partial charge in [0.05, 0.1) is 22.8 Å². The Morgan fingerprint density at radius 3 is 2.54 bits per heavy atom. The van der Waals surface area contributed by atoms with Crippen molar-refractivity contribution in [3.05, 3.63) is 94.1 Å². The molecule has 0 N–H and O–H groups in total. The molecule has 26 heavy (non-hydrogen) atoms. The van der Waals surface area contributed by atoms with Crippen LogP contribution in [0.5, 0.6) is 0 Å². The molecule has 4 aromatic rings. The maximum atomic E-state index is 12.2. The number of aromatic nitrogens is 3. The molecule has 5 nitrogen and oxygen atoms in total. The lowest BCUT2D eigenvalue weighted by Gasteiger charge is -2.05. The summed E-state index contributed by atoms with van der Waals surface area (Å²) < 4.78 is 6.89. The van der Waals surface area contributed by atoms with E-state index in [1.807, 2.05) is 48.5 Å². The van der Waals surface area contributed by atoms with E-state index in [1.165, 1.54) is 17.0 Å². The highest BCUT2D eigenvalue weighted by Crippen LogP contribution is 2.26. The van der Waals surface area contributed by atoms with Crippen molar-refractivity contribution in [1.29, 1.82) is 0 Å². The normalized spacial score (nSPS) is 10.8. The van der Waals surface area contributed by atoms with Crippen molar-refractivity contribution in [3.63, 3.8) is 0 Å². The quantitative estimate of drug-likeness (QED) is 0.543. The molecule has 0 amide bonds. The largest absolute Gasteiger partial charge is 0.444 e. The topological polar surface area (TPSA) is 60.9 Å². The van der Waals surface area contributed by atoms with Crippen LogP contribution in [0.3, 0.4) is 0 Å². The summed E-state index contributed by atoms with van der Waals surface area (Å²) in [5, 5.41) is 4.99. The van der Waals surface area contributed by atoms with Crippen molar-refractivity contribution in [2.24, 2.45) is 0 Å². The fourth-order valence-electron chi connectivity index (χ4n) is 2.62. The first-order valence-electron chi connectivity index (χ1n) is 8.03. The number of rotatable bonds is 4. The summed E-state index contributed by atoms with van der Waals surface area (Å²) in [5.74, 6) is 0.415. The van der Waals surface area contributed by atoms with Crippen molar-refractivity contribution in [3.8, 4) is 22.7 Å². The van der Waals surface area contributed by atoms with Gasteiger partial charge in [-0.05, 0) is 18.2 Å². The maximum absolute atomic E-state index is 12.2. The van der Waals surface area contributed by atoms with Crippen LogP contribution in [0.2, 0.25) is 5.02 Å². The van der Waals surface area contributed by atoms with Gasteiger partial charge < -0.3 is 4.42 Å². The SMILES string of the molecule is O=c1ccc(-c2ccccc2)nn1Cc1coc(-c2ccccc2Cl)n1. The summed E-state index contributed by atoms with van der Waals surface area (Å²) in [6.07, 6.45) is 1.52. The first-order chi connectivity index (χ1) is 12.7. The molecule has 0 unspecified atom stereocenters. The fraction of sp³-hybridized carbons (Fsp3) is 0.0500. The summed E-state index contributed by atoms with van der Waals surface area (Å²) in [7, 11) is 0. The van der Waals surface area contributed by atoms with Gasteiger partial charge in [-0.2, -0.15) is 5.10 Å². The van der Waals surface area contributed by atoms with Crippen LogP contribution in [0.25, 0.3) is 22.7 Å². The molecule has 0 aliphatic heterocycles. The van der Waals surface area contributed by atoms with Crippen LogP contribution < -0.4 is 5.56 Å². The molecule has 6 heteroatoms. The summed E-state index contributed by atoms with van der Waals surface area (Å²) in [5.41, 5.74) is 2.77. The van der Waals surface area contributed by atoms with E-state index in [2.05, 4.69) is 10.1 Å². The molecule has 0 atom stereocenters. The standard InChI is InChI=1S/C20H14ClN3O2/c21-17-9-5-4-8-16(17)20-22-15(13-26-20)12-24-19(25)11-10-18(23-24)14-6-2-1-3-7-14/h1-11,13H,12H2. The molecular weight excluding hydrogens is 350 g/mol. The van der Waals surface area contributed by atoms with E-state index in [-0.39, 0.29) is 12.1 Å². The zero-order chi connectivity index (χ0) is 17.9. The van der Waals surface area contributed by atoms with Crippen molar-refractivity contribution in [2.75, 3.05) is 0 Å². The molecule has 0 radical (unpaired) electrons. The third-order valence-electron chi connectivity index (χ3n) is 3.90. The molecule has 0 aliphatic rings. The van der Waals surface area contributed by atoms with Gasteiger partial charge in [-0.1, -0.05) is 54.1 Å². The predicted octanol–water partition coefficient (Wildman–Crippen LogP) is 4.27. The lowest BCUT2D eigenvalue weighted by atomic mass is 10.1. The Kier molecular flexibility index (Phi) is 4.37. The highest BCUT2D eigenvalue weighted by Gasteiger charge is 2.11. The molecule has 0 fully saturated rings. The van der Waals surface area contributed by atoms with Crippen LogP contribution in [0.4, 0.5) is 0 Å². The van der Waals surface area contributed by atoms with Gasteiger partial charge in [0.15, 0.2) is 0 Å². The minimum absolute atomic E-state index is 0.202. The summed E-state index contributed by atoms with van der Waals surface area (Å²) in [6.45, 7) is 0.216. The zero-order valence-corrected chi connectivity index (χ0v) is 14.4. The molecule has 4 rings (SSSR count). The van der Waals surface area contributed by atoms with Gasteiger partial charge in [0, 0.05) is 11.6 Å². The molecule has 2 aromatic carbocycles. The Hall–Kier alpha value is -3.18. The molecule has 128 valence electrons. The summed E-state index contributed by atoms with van der Waals surface area (Å²) >= 11 is 6.17. The van der Waals surface area contributed by atoms with Gasteiger partial charge in [0.25, 0.3) is 5.56 Å². The molecule has 0 saturated carbocycles. The van der Waals surface area contributed by atoms with Crippen LogP contribution in [-0.4, -0.2) is 14.8 Å². The van der Waals surface area contributed by atoms with Crippen molar-refractivity contribution >= 4 is 11.6 Å². The molecular formula is C20H14ClN3O2. The zero-order valence-electron chi connectivity index (χ0n) is 13.7. The average Bonchev–Trinajstić information content (AvgIpc) is 3.13. The summed E-state index contributed by atoms with van der Waals surface area (Å²) in [6, 6.07) is 20.2. The van der Waals surface area contributed by atoms with Crippen LogP contribution in [0.15, 0.2) is 82.2 Å². The van der Waals surface area contributed by atoms with Gasteiger partial charge in [0.1, 0.15) is 12.0 Å². The van der Waals surface area contributed by atoms with E-state index in [0.29, 0.717) is 22.2 Å². The number of hydrogen-bond acceptors (Lipinski definition) is 4. The van der Waals surface area contributed by atoms with Gasteiger partial charge in [-0.3, -0.25) is 4.79 Å².